The van der Waals surface area contributed by atoms with Crippen LogP contribution in [0.4, 0.5) is 5.69 Å². The molecule has 7 nitrogen and oxygen atoms in total. The van der Waals surface area contributed by atoms with Crippen molar-refractivity contribution < 1.29 is 18.8 Å². The molecule has 1 aliphatic heterocycles. The van der Waals surface area contributed by atoms with Gasteiger partial charge in [-0.1, -0.05) is 59.6 Å². The summed E-state index contributed by atoms with van der Waals surface area (Å²) in [6.07, 6.45) is -0.131. The van der Waals surface area contributed by atoms with Crippen LogP contribution in [0, 0.1) is 6.92 Å². The van der Waals surface area contributed by atoms with Crippen LogP contribution in [0.1, 0.15) is 27.9 Å². The summed E-state index contributed by atoms with van der Waals surface area (Å²) in [4.78, 5) is 47.8. The van der Waals surface area contributed by atoms with Gasteiger partial charge in [-0.25, -0.2) is 9.88 Å². The lowest BCUT2D eigenvalue weighted by Crippen LogP contribution is -2.45. The molecule has 1 fully saturated rings. The Bertz CT molecular complexity index is 1730. The number of carbonyl (C=O) groups is 3. The molecule has 0 aliphatic carbocycles. The van der Waals surface area contributed by atoms with E-state index in [4.69, 9.17) is 16.0 Å². The van der Waals surface area contributed by atoms with Crippen LogP contribution in [0.25, 0.3) is 22.6 Å². The molecule has 1 atom stereocenters. The molecule has 2 heterocycles. The number of amides is 3. The summed E-state index contributed by atoms with van der Waals surface area (Å²) < 4.78 is 5.84. The largest absolute Gasteiger partial charge is 0.436 e. The highest BCUT2D eigenvalue weighted by Gasteiger charge is 2.44. The Kier molecular flexibility index (Phi) is 6.66. The number of fused-ring (bicyclic) bond motifs is 1. The third kappa shape index (κ3) is 4.76. The first-order valence-corrected chi connectivity index (χ1v) is 13.2. The van der Waals surface area contributed by atoms with Gasteiger partial charge in [-0.15, -0.1) is 0 Å². The molecule has 1 aromatic heterocycles. The van der Waals surface area contributed by atoms with E-state index in [9.17, 15) is 14.4 Å². The van der Waals surface area contributed by atoms with Gasteiger partial charge in [0, 0.05) is 22.7 Å². The Morgan fingerprint density at radius 3 is 2.48 bits per heavy atom. The molecule has 3 amide bonds. The van der Waals surface area contributed by atoms with E-state index in [1.807, 2.05) is 49.4 Å². The lowest BCUT2D eigenvalue weighted by atomic mass is 10.1. The smallest absolute Gasteiger partial charge is 0.257 e. The highest BCUT2D eigenvalue weighted by atomic mass is 35.5. The van der Waals surface area contributed by atoms with Crippen molar-refractivity contribution in [3.63, 3.8) is 0 Å². The number of aromatic nitrogens is 1. The first-order chi connectivity index (χ1) is 19.4. The lowest BCUT2D eigenvalue weighted by molar-refractivity contribution is -0.122. The average Bonchev–Trinajstić information content (AvgIpc) is 3.52. The predicted molar refractivity (Wildman–Crippen MR) is 153 cm³/mol. The summed E-state index contributed by atoms with van der Waals surface area (Å²) in [7, 11) is 0. The van der Waals surface area contributed by atoms with E-state index in [1.54, 1.807) is 54.6 Å². The fourth-order valence-electron chi connectivity index (χ4n) is 4.96. The van der Waals surface area contributed by atoms with Gasteiger partial charge in [0.1, 0.15) is 11.6 Å². The Labute approximate surface area is 235 Å². The number of oxazole rings is 1. The van der Waals surface area contributed by atoms with Gasteiger partial charge in [-0.05, 0) is 67.1 Å². The van der Waals surface area contributed by atoms with Gasteiger partial charge >= 0.3 is 0 Å². The van der Waals surface area contributed by atoms with Crippen molar-refractivity contribution in [2.45, 2.75) is 25.9 Å². The molecule has 0 N–H and O–H groups in total. The molecule has 8 heteroatoms. The van der Waals surface area contributed by atoms with Crippen LogP contribution in [0.2, 0.25) is 5.02 Å². The molecule has 198 valence electrons. The standard InChI is InChI=1S/C32H24ClN3O4/c1-20-7-6-9-22(17-20)31(38)35(19-23-8-2-3-10-25(23)33)27-18-29(37)36(32(27)39)24-15-13-21(14-16-24)30-34-26-11-4-5-12-28(26)40-30/h2-17,27H,18-19H2,1H3. The number of hydrogen-bond donors (Lipinski definition) is 0. The minimum absolute atomic E-state index is 0.0840. The molecule has 5 aromatic rings. The van der Waals surface area contributed by atoms with E-state index in [1.165, 1.54) is 4.90 Å². The van der Waals surface area contributed by atoms with E-state index in [0.717, 1.165) is 16.0 Å². The number of aryl methyl sites for hydroxylation is 1. The fourth-order valence-corrected chi connectivity index (χ4v) is 5.15. The number of para-hydroxylation sites is 2. The SMILES string of the molecule is Cc1cccc(C(=O)N(Cc2ccccc2Cl)C2CC(=O)N(c3ccc(-c4nc5ccccc5o4)cc3)C2=O)c1. The summed E-state index contributed by atoms with van der Waals surface area (Å²) in [6, 6.07) is 27.7. The first-order valence-electron chi connectivity index (χ1n) is 12.8. The van der Waals surface area contributed by atoms with Gasteiger partial charge in [-0.3, -0.25) is 14.4 Å². The van der Waals surface area contributed by atoms with Crippen molar-refractivity contribution in [1.82, 2.24) is 9.88 Å². The van der Waals surface area contributed by atoms with Gasteiger partial charge < -0.3 is 9.32 Å². The Morgan fingerprint density at radius 1 is 0.975 bits per heavy atom. The second kappa shape index (κ2) is 10.4. The molecule has 1 aliphatic rings. The van der Waals surface area contributed by atoms with Crippen molar-refractivity contribution in [1.29, 1.82) is 0 Å². The number of hydrogen-bond acceptors (Lipinski definition) is 5. The normalized spacial score (nSPS) is 15.2. The minimum atomic E-state index is -0.978. The van der Waals surface area contributed by atoms with Gasteiger partial charge in [0.05, 0.1) is 12.1 Å². The summed E-state index contributed by atoms with van der Waals surface area (Å²) in [5.41, 5.74) is 4.58. The molecular weight excluding hydrogens is 526 g/mol. The van der Waals surface area contributed by atoms with Crippen LogP contribution in [0.15, 0.2) is 101 Å². The monoisotopic (exact) mass is 549 g/mol. The topological polar surface area (TPSA) is 83.7 Å². The zero-order valence-corrected chi connectivity index (χ0v) is 22.3. The van der Waals surface area contributed by atoms with E-state index in [0.29, 0.717) is 38.9 Å². The van der Waals surface area contributed by atoms with Crippen LogP contribution < -0.4 is 4.90 Å². The van der Waals surface area contributed by atoms with Crippen molar-refractivity contribution in [3.8, 4) is 11.5 Å². The van der Waals surface area contributed by atoms with Crippen LogP contribution >= 0.6 is 11.6 Å². The molecule has 6 rings (SSSR count). The number of imide groups is 1. The molecule has 0 spiro atoms. The number of rotatable bonds is 6. The van der Waals surface area contributed by atoms with Crippen molar-refractivity contribution >= 4 is 46.1 Å². The predicted octanol–water partition coefficient (Wildman–Crippen LogP) is 6.43. The van der Waals surface area contributed by atoms with Crippen molar-refractivity contribution in [3.05, 3.63) is 119 Å². The number of benzene rings is 4. The number of halogens is 1. The fraction of sp³-hybridized carbons (Fsp3) is 0.125. The van der Waals surface area contributed by atoms with E-state index in [-0.39, 0.29) is 24.8 Å². The summed E-state index contributed by atoms with van der Waals surface area (Å²) in [5.74, 6) is -0.749. The highest BCUT2D eigenvalue weighted by molar-refractivity contribution is 6.31. The minimum Gasteiger partial charge on any atom is -0.436 e. The Balaban J connectivity index is 1.30. The molecular formula is C32H24ClN3O4. The molecule has 1 unspecified atom stereocenters. The molecule has 0 bridgehead atoms. The first kappa shape index (κ1) is 25.5. The van der Waals surface area contributed by atoms with Gasteiger partial charge in [-0.2, -0.15) is 0 Å². The number of carbonyl (C=O) groups excluding carboxylic acids is 3. The molecule has 4 aromatic carbocycles. The molecule has 0 radical (unpaired) electrons. The molecule has 40 heavy (non-hydrogen) atoms. The zero-order chi connectivity index (χ0) is 27.8. The summed E-state index contributed by atoms with van der Waals surface area (Å²) in [5, 5.41) is 0.480. The van der Waals surface area contributed by atoms with Crippen molar-refractivity contribution in [2.24, 2.45) is 0 Å². The zero-order valence-electron chi connectivity index (χ0n) is 21.6. The highest BCUT2D eigenvalue weighted by Crippen LogP contribution is 2.31. The van der Waals surface area contributed by atoms with Crippen LogP contribution in [-0.2, 0) is 16.1 Å². The van der Waals surface area contributed by atoms with Crippen LogP contribution in [0.3, 0.4) is 0 Å². The van der Waals surface area contributed by atoms with Gasteiger partial charge in [0.15, 0.2) is 5.58 Å². The summed E-state index contributed by atoms with van der Waals surface area (Å²) in [6.45, 7) is 1.98. The molecule has 0 saturated carbocycles. The Morgan fingerprint density at radius 2 is 1.73 bits per heavy atom. The van der Waals surface area contributed by atoms with E-state index in [2.05, 4.69) is 4.98 Å². The molecule has 1 saturated heterocycles. The van der Waals surface area contributed by atoms with Crippen molar-refractivity contribution in [2.75, 3.05) is 4.90 Å². The van der Waals surface area contributed by atoms with Gasteiger partial charge in [0.2, 0.25) is 11.8 Å². The third-order valence-corrected chi connectivity index (χ3v) is 7.36. The Hall–Kier alpha value is -4.75. The van der Waals surface area contributed by atoms with E-state index >= 15 is 0 Å². The van der Waals surface area contributed by atoms with E-state index < -0.39 is 11.9 Å². The van der Waals surface area contributed by atoms with Crippen LogP contribution in [-0.4, -0.2) is 33.6 Å². The van der Waals surface area contributed by atoms with Crippen LogP contribution in [0.5, 0.6) is 0 Å². The maximum atomic E-state index is 13.8. The maximum Gasteiger partial charge on any atom is 0.257 e. The quantitative estimate of drug-likeness (QED) is 0.228. The second-order valence-corrected chi connectivity index (χ2v) is 10.1. The lowest BCUT2D eigenvalue weighted by Gasteiger charge is -2.28. The average molecular weight is 550 g/mol. The number of anilines is 1. The second-order valence-electron chi connectivity index (χ2n) is 9.71. The maximum absolute atomic E-state index is 13.8. The summed E-state index contributed by atoms with van der Waals surface area (Å²) >= 11 is 6.42. The van der Waals surface area contributed by atoms with Gasteiger partial charge in [0.25, 0.3) is 11.8 Å². The third-order valence-electron chi connectivity index (χ3n) is 6.99. The number of nitrogens with zero attached hydrogens (tertiary/aromatic N) is 3.